The Hall–Kier alpha value is -3.32. The molecule has 0 aliphatic heterocycles. The van der Waals surface area contributed by atoms with Crippen molar-refractivity contribution in [2.75, 3.05) is 43.6 Å². The second-order valence-corrected chi connectivity index (χ2v) is 7.92. The average Bonchev–Trinajstić information content (AvgIpc) is 3.24. The molecule has 7 heteroatoms. The molecule has 0 saturated heterocycles. The van der Waals surface area contributed by atoms with Crippen LogP contribution in [0.25, 0.3) is 11.3 Å². The Morgan fingerprint density at radius 3 is 2.39 bits per heavy atom. The molecule has 0 spiro atoms. The number of nitrogens with one attached hydrogen (secondary N) is 1. The minimum Gasteiger partial charge on any atom is -0.385 e. The Balaban J connectivity index is 1.93. The molecule has 0 aliphatic carbocycles. The number of hydrogen-bond acceptors (Lipinski definition) is 5. The highest BCUT2D eigenvalue weighted by Gasteiger charge is 2.25. The lowest BCUT2D eigenvalue weighted by Gasteiger charge is -2.25. The normalized spacial score (nSPS) is 10.8. The third-order valence-electron chi connectivity index (χ3n) is 5.58. The number of hydrogen-bond donors (Lipinski definition) is 1. The molecule has 0 fully saturated rings. The second-order valence-electron chi connectivity index (χ2n) is 7.92. The first-order valence-corrected chi connectivity index (χ1v) is 11.5. The van der Waals surface area contributed by atoms with Crippen LogP contribution in [0.2, 0.25) is 0 Å². The number of benzene rings is 2. The van der Waals surface area contributed by atoms with Crippen LogP contribution in [-0.2, 0) is 11.3 Å². The van der Waals surface area contributed by atoms with Crippen molar-refractivity contribution in [2.24, 2.45) is 0 Å². The number of carbonyl (C=O) groups excluding carboxylic acids is 1. The maximum absolute atomic E-state index is 13.3. The van der Waals surface area contributed by atoms with Crippen LogP contribution in [0, 0.1) is 6.92 Å². The molecule has 2 aromatic carbocycles. The molecule has 0 bridgehead atoms. The number of methoxy groups -OCH3 is 1. The summed E-state index contributed by atoms with van der Waals surface area (Å²) < 4.78 is 11.1. The van der Waals surface area contributed by atoms with E-state index in [4.69, 9.17) is 9.26 Å². The smallest absolute Gasteiger partial charge is 0.322 e. The van der Waals surface area contributed by atoms with E-state index in [1.807, 2.05) is 61.5 Å². The third kappa shape index (κ3) is 6.35. The Bertz CT molecular complexity index is 998. The summed E-state index contributed by atoms with van der Waals surface area (Å²) in [7, 11) is 1.67. The van der Waals surface area contributed by atoms with Crippen molar-refractivity contribution in [2.45, 2.75) is 33.7 Å². The van der Waals surface area contributed by atoms with Crippen molar-refractivity contribution in [1.29, 1.82) is 0 Å². The lowest BCUT2D eigenvalue weighted by atomic mass is 10.1. The van der Waals surface area contributed by atoms with Gasteiger partial charge >= 0.3 is 6.03 Å². The number of nitrogens with zero attached hydrogens (tertiary/aromatic N) is 3. The predicted octanol–water partition coefficient (Wildman–Crippen LogP) is 5.57. The Labute approximate surface area is 196 Å². The van der Waals surface area contributed by atoms with Crippen LogP contribution in [0.4, 0.5) is 16.4 Å². The number of ether oxygens (including phenoxy) is 1. The highest BCUT2D eigenvalue weighted by atomic mass is 16.5. The van der Waals surface area contributed by atoms with Gasteiger partial charge in [0.2, 0.25) is 5.88 Å². The van der Waals surface area contributed by atoms with E-state index in [2.05, 4.69) is 29.2 Å². The third-order valence-corrected chi connectivity index (χ3v) is 5.58. The fourth-order valence-corrected chi connectivity index (χ4v) is 3.71. The van der Waals surface area contributed by atoms with Crippen molar-refractivity contribution in [1.82, 2.24) is 10.1 Å². The van der Waals surface area contributed by atoms with Gasteiger partial charge in [0.05, 0.1) is 12.1 Å². The molecule has 3 aromatic rings. The molecule has 33 heavy (non-hydrogen) atoms. The largest absolute Gasteiger partial charge is 0.385 e. The van der Waals surface area contributed by atoms with Crippen LogP contribution in [-0.4, -0.2) is 49.4 Å². The van der Waals surface area contributed by atoms with Gasteiger partial charge in [0.25, 0.3) is 0 Å². The summed E-state index contributed by atoms with van der Waals surface area (Å²) in [6.07, 6.45) is 0.727. The van der Waals surface area contributed by atoms with Gasteiger partial charge in [-0.2, -0.15) is 0 Å². The first-order valence-electron chi connectivity index (χ1n) is 11.5. The molecule has 2 amide bonds. The monoisotopic (exact) mass is 450 g/mol. The van der Waals surface area contributed by atoms with Gasteiger partial charge in [0.1, 0.15) is 5.69 Å². The lowest BCUT2D eigenvalue weighted by molar-refractivity contribution is 0.171. The predicted molar refractivity (Wildman–Crippen MR) is 133 cm³/mol. The topological polar surface area (TPSA) is 70.8 Å². The summed E-state index contributed by atoms with van der Waals surface area (Å²) >= 11 is 0. The molecular weight excluding hydrogens is 416 g/mol. The number of aromatic nitrogens is 1. The van der Waals surface area contributed by atoms with Crippen molar-refractivity contribution >= 4 is 17.6 Å². The van der Waals surface area contributed by atoms with Crippen LogP contribution < -0.4 is 10.2 Å². The molecule has 3 rings (SSSR count). The summed E-state index contributed by atoms with van der Waals surface area (Å²) in [5.74, 6) is 0.707. The number of amides is 2. The minimum absolute atomic E-state index is 0.166. The van der Waals surface area contributed by atoms with E-state index >= 15 is 0 Å². The fraction of sp³-hybridized carbons (Fsp3) is 0.385. The van der Waals surface area contributed by atoms with E-state index in [1.165, 1.54) is 0 Å². The molecule has 0 aliphatic rings. The summed E-state index contributed by atoms with van der Waals surface area (Å²) in [5, 5.41) is 7.43. The van der Waals surface area contributed by atoms with E-state index in [0.717, 1.165) is 47.6 Å². The maximum Gasteiger partial charge on any atom is 0.322 e. The van der Waals surface area contributed by atoms with Crippen LogP contribution >= 0.6 is 0 Å². The van der Waals surface area contributed by atoms with Crippen LogP contribution in [0.15, 0.2) is 59.1 Å². The quantitative estimate of drug-likeness (QED) is 0.387. The maximum atomic E-state index is 13.3. The van der Waals surface area contributed by atoms with E-state index in [1.54, 1.807) is 12.0 Å². The first-order chi connectivity index (χ1) is 16.1. The van der Waals surface area contributed by atoms with Gasteiger partial charge < -0.3 is 24.4 Å². The SMILES string of the molecule is CCN(CC)c1onc(-c2ccccc2)c1CN(CCCOC)C(=O)Nc1ccc(C)cc1. The highest BCUT2D eigenvalue weighted by Crippen LogP contribution is 2.32. The number of urea groups is 1. The second kappa shape index (κ2) is 12.1. The molecule has 0 radical (unpaired) electrons. The molecule has 0 atom stereocenters. The lowest BCUT2D eigenvalue weighted by Crippen LogP contribution is -2.36. The Morgan fingerprint density at radius 1 is 1.06 bits per heavy atom. The molecule has 176 valence electrons. The zero-order valence-electron chi connectivity index (χ0n) is 20.0. The van der Waals surface area contributed by atoms with Gasteiger partial charge in [-0.15, -0.1) is 0 Å². The Kier molecular flexibility index (Phi) is 8.89. The molecule has 1 heterocycles. The molecule has 0 saturated carbocycles. The summed E-state index contributed by atoms with van der Waals surface area (Å²) in [4.78, 5) is 17.2. The molecule has 1 aromatic heterocycles. The van der Waals surface area contributed by atoms with E-state index in [0.29, 0.717) is 25.6 Å². The fourth-order valence-electron chi connectivity index (χ4n) is 3.71. The number of rotatable bonds is 11. The molecule has 0 unspecified atom stereocenters. The van der Waals surface area contributed by atoms with Crippen LogP contribution in [0.1, 0.15) is 31.4 Å². The molecular formula is C26H34N4O3. The van der Waals surface area contributed by atoms with E-state index < -0.39 is 0 Å². The molecule has 1 N–H and O–H groups in total. The van der Waals surface area contributed by atoms with Gasteiger partial charge in [-0.05, 0) is 39.3 Å². The average molecular weight is 451 g/mol. The van der Waals surface area contributed by atoms with Gasteiger partial charge in [-0.25, -0.2) is 4.79 Å². The number of carbonyl (C=O) groups is 1. The summed E-state index contributed by atoms with van der Waals surface area (Å²) in [5.41, 5.74) is 4.54. The summed E-state index contributed by atoms with van der Waals surface area (Å²) in [6.45, 7) is 9.25. The van der Waals surface area contributed by atoms with Crippen molar-refractivity contribution in [3.63, 3.8) is 0 Å². The van der Waals surface area contributed by atoms with Crippen LogP contribution in [0.3, 0.4) is 0 Å². The Morgan fingerprint density at radius 2 is 1.76 bits per heavy atom. The number of anilines is 2. The number of aryl methyl sites for hydroxylation is 1. The zero-order chi connectivity index (χ0) is 23.6. The van der Waals surface area contributed by atoms with Gasteiger partial charge in [0.15, 0.2) is 0 Å². The van der Waals surface area contributed by atoms with E-state index in [9.17, 15) is 4.79 Å². The zero-order valence-corrected chi connectivity index (χ0v) is 20.0. The van der Waals surface area contributed by atoms with Crippen LogP contribution in [0.5, 0.6) is 0 Å². The highest BCUT2D eigenvalue weighted by molar-refractivity contribution is 5.89. The first kappa shape index (κ1) is 24.3. The van der Waals surface area contributed by atoms with Gasteiger partial charge in [-0.1, -0.05) is 53.2 Å². The van der Waals surface area contributed by atoms with Gasteiger partial charge in [0, 0.05) is 44.6 Å². The minimum atomic E-state index is -0.166. The van der Waals surface area contributed by atoms with E-state index in [-0.39, 0.29) is 6.03 Å². The standard InChI is InChI=1S/C26H34N4O3/c1-5-29(6-2)25-23(24(28-33-25)21-11-8-7-9-12-21)19-30(17-10-18-32-4)26(31)27-22-15-13-20(3)14-16-22/h7-9,11-16H,5-6,10,17-19H2,1-4H3,(H,27,31). The summed E-state index contributed by atoms with van der Waals surface area (Å²) in [6, 6.07) is 17.6. The van der Waals surface area contributed by atoms with Crippen molar-refractivity contribution in [3.8, 4) is 11.3 Å². The molecule has 7 nitrogen and oxygen atoms in total. The van der Waals surface area contributed by atoms with Crippen molar-refractivity contribution in [3.05, 3.63) is 65.7 Å². The van der Waals surface area contributed by atoms with Crippen molar-refractivity contribution < 1.29 is 14.1 Å². The van der Waals surface area contributed by atoms with Gasteiger partial charge in [-0.3, -0.25) is 0 Å².